The van der Waals surface area contributed by atoms with Gasteiger partial charge in [-0.2, -0.15) is 0 Å². The molecule has 0 saturated carbocycles. The molecule has 0 aromatic rings. The van der Waals surface area contributed by atoms with Crippen molar-refractivity contribution in [3.8, 4) is 0 Å². The molecule has 0 bridgehead atoms. The van der Waals surface area contributed by atoms with E-state index in [4.69, 9.17) is 10.7 Å². The lowest BCUT2D eigenvalue weighted by Gasteiger charge is -2.35. The van der Waals surface area contributed by atoms with E-state index in [9.17, 15) is 0 Å². The molecule has 0 spiro atoms. The van der Waals surface area contributed by atoms with Crippen molar-refractivity contribution >= 4 is 0 Å². The first-order valence-corrected chi connectivity index (χ1v) is 5.08. The van der Waals surface area contributed by atoms with E-state index < -0.39 is 0 Å². The van der Waals surface area contributed by atoms with Crippen molar-refractivity contribution in [2.75, 3.05) is 0 Å². The summed E-state index contributed by atoms with van der Waals surface area (Å²) >= 11 is 0. The van der Waals surface area contributed by atoms with Gasteiger partial charge in [-0.05, 0) is 17.3 Å². The van der Waals surface area contributed by atoms with Gasteiger partial charge in [-0.3, -0.25) is 0 Å². The molecule has 0 aliphatic rings. The second-order valence-corrected chi connectivity index (χ2v) is 5.71. The Morgan fingerprint density at radius 3 is 1.85 bits per heavy atom. The second-order valence-electron chi connectivity index (χ2n) is 5.71. The fraction of sp³-hybridized carbons (Fsp3) is 1.00. The van der Waals surface area contributed by atoms with Gasteiger partial charge in [0.2, 0.25) is 0 Å². The Morgan fingerprint density at radius 2 is 1.62 bits per heavy atom. The molecule has 0 rings (SSSR count). The average molecular weight is 187 g/mol. The van der Waals surface area contributed by atoms with Gasteiger partial charge in [-0.15, -0.1) is 0 Å². The van der Waals surface area contributed by atoms with Crippen LogP contribution in [0.2, 0.25) is 0 Å². The van der Waals surface area contributed by atoms with E-state index >= 15 is 0 Å². The lowest BCUT2D eigenvalue weighted by atomic mass is 9.76. The Morgan fingerprint density at radius 1 is 1.15 bits per heavy atom. The molecule has 0 fully saturated rings. The first kappa shape index (κ1) is 12.9. The van der Waals surface area contributed by atoms with Crippen LogP contribution in [0.15, 0.2) is 0 Å². The van der Waals surface area contributed by atoms with Crippen LogP contribution in [0.4, 0.5) is 0 Å². The normalized spacial score (nSPS) is 15.9. The van der Waals surface area contributed by atoms with E-state index in [1.807, 2.05) is 0 Å². The van der Waals surface area contributed by atoms with Gasteiger partial charge in [0, 0.05) is 0 Å². The first-order valence-electron chi connectivity index (χ1n) is 5.08. The Labute approximate surface area is 82.8 Å². The highest BCUT2D eigenvalue weighted by molar-refractivity contribution is 4.80. The average Bonchev–Trinajstić information content (AvgIpc) is 1.98. The fourth-order valence-corrected chi connectivity index (χ4v) is 1.20. The van der Waals surface area contributed by atoms with Crippen molar-refractivity contribution in [2.45, 2.75) is 60.5 Å². The molecule has 0 amide bonds. The van der Waals surface area contributed by atoms with E-state index in [-0.39, 0.29) is 11.5 Å². The van der Waals surface area contributed by atoms with E-state index in [2.05, 4.69) is 41.5 Å². The van der Waals surface area contributed by atoms with Crippen LogP contribution in [-0.2, 0) is 4.84 Å². The van der Waals surface area contributed by atoms with Crippen LogP contribution in [-0.4, -0.2) is 6.10 Å². The highest BCUT2D eigenvalue weighted by Gasteiger charge is 2.30. The van der Waals surface area contributed by atoms with Crippen LogP contribution in [0.3, 0.4) is 0 Å². The Bertz CT molecular complexity index is 147. The molecule has 0 aliphatic heterocycles. The Balaban J connectivity index is 4.30. The minimum atomic E-state index is 0.126. The minimum Gasteiger partial charge on any atom is -0.301 e. The number of rotatable bonds is 4. The highest BCUT2D eigenvalue weighted by Crippen LogP contribution is 2.34. The summed E-state index contributed by atoms with van der Waals surface area (Å²) in [5.41, 5.74) is 0.443. The smallest absolute Gasteiger partial charge is 0.0840 e. The SMILES string of the molecule is CCC(C)(C)CC(ON)C(C)(C)C. The summed E-state index contributed by atoms with van der Waals surface area (Å²) in [7, 11) is 0. The highest BCUT2D eigenvalue weighted by atomic mass is 16.6. The zero-order valence-corrected chi connectivity index (χ0v) is 9.98. The molecule has 13 heavy (non-hydrogen) atoms. The van der Waals surface area contributed by atoms with Crippen LogP contribution in [0, 0.1) is 10.8 Å². The molecule has 0 heterocycles. The minimum absolute atomic E-state index is 0.126. The summed E-state index contributed by atoms with van der Waals surface area (Å²) in [5.74, 6) is 5.32. The van der Waals surface area contributed by atoms with E-state index in [0.29, 0.717) is 5.41 Å². The van der Waals surface area contributed by atoms with Crippen molar-refractivity contribution in [3.05, 3.63) is 0 Å². The Kier molecular flexibility index (Phi) is 4.40. The second kappa shape index (κ2) is 4.43. The molecule has 1 unspecified atom stereocenters. The van der Waals surface area contributed by atoms with Gasteiger partial charge >= 0.3 is 0 Å². The van der Waals surface area contributed by atoms with Crippen LogP contribution in [0.1, 0.15) is 54.4 Å². The van der Waals surface area contributed by atoms with Crippen LogP contribution < -0.4 is 5.90 Å². The molecule has 0 aromatic carbocycles. The van der Waals surface area contributed by atoms with Gasteiger partial charge in [0.15, 0.2) is 0 Å². The van der Waals surface area contributed by atoms with Gasteiger partial charge in [0.1, 0.15) is 0 Å². The largest absolute Gasteiger partial charge is 0.301 e. The summed E-state index contributed by atoms with van der Waals surface area (Å²) in [6, 6.07) is 0. The van der Waals surface area contributed by atoms with E-state index in [0.717, 1.165) is 12.8 Å². The standard InChI is InChI=1S/C11H25NO/c1-7-11(5,6)8-9(13-12)10(2,3)4/h9H,7-8,12H2,1-6H3. The molecule has 0 aromatic heterocycles. The van der Waals surface area contributed by atoms with Crippen molar-refractivity contribution in [1.82, 2.24) is 0 Å². The summed E-state index contributed by atoms with van der Waals surface area (Å²) in [6.07, 6.45) is 2.31. The molecule has 80 valence electrons. The summed E-state index contributed by atoms with van der Waals surface area (Å²) in [6.45, 7) is 13.2. The molecule has 0 radical (unpaired) electrons. The van der Waals surface area contributed by atoms with Crippen LogP contribution in [0.25, 0.3) is 0 Å². The molecule has 2 heteroatoms. The van der Waals surface area contributed by atoms with Crippen molar-refractivity contribution in [3.63, 3.8) is 0 Å². The molecule has 2 nitrogen and oxygen atoms in total. The van der Waals surface area contributed by atoms with Gasteiger partial charge < -0.3 is 4.84 Å². The van der Waals surface area contributed by atoms with Crippen molar-refractivity contribution in [2.24, 2.45) is 16.7 Å². The quantitative estimate of drug-likeness (QED) is 0.686. The molecular formula is C11H25NO. The van der Waals surface area contributed by atoms with E-state index in [1.165, 1.54) is 0 Å². The third-order valence-corrected chi connectivity index (χ3v) is 2.83. The number of hydrogen-bond acceptors (Lipinski definition) is 2. The summed E-state index contributed by atoms with van der Waals surface area (Å²) in [4.78, 5) is 5.05. The lowest BCUT2D eigenvalue weighted by molar-refractivity contribution is -0.0450. The zero-order valence-electron chi connectivity index (χ0n) is 9.98. The maximum absolute atomic E-state index is 5.32. The van der Waals surface area contributed by atoms with Crippen molar-refractivity contribution in [1.29, 1.82) is 0 Å². The third-order valence-electron chi connectivity index (χ3n) is 2.83. The zero-order chi connectivity index (χ0) is 10.7. The fourth-order valence-electron chi connectivity index (χ4n) is 1.20. The van der Waals surface area contributed by atoms with Gasteiger partial charge in [0.25, 0.3) is 0 Å². The summed E-state index contributed by atoms with van der Waals surface area (Å²) < 4.78 is 0. The third kappa shape index (κ3) is 4.63. The van der Waals surface area contributed by atoms with Gasteiger partial charge in [-0.25, -0.2) is 5.90 Å². The monoisotopic (exact) mass is 187 g/mol. The molecule has 2 N–H and O–H groups in total. The van der Waals surface area contributed by atoms with Gasteiger partial charge in [-0.1, -0.05) is 48.0 Å². The van der Waals surface area contributed by atoms with E-state index in [1.54, 1.807) is 0 Å². The maximum atomic E-state index is 5.32. The topological polar surface area (TPSA) is 35.2 Å². The number of nitrogens with two attached hydrogens (primary N) is 1. The maximum Gasteiger partial charge on any atom is 0.0840 e. The predicted molar refractivity (Wildman–Crippen MR) is 57.2 cm³/mol. The number of hydrogen-bond donors (Lipinski definition) is 1. The predicted octanol–water partition coefficient (Wildman–Crippen LogP) is 3.12. The molecular weight excluding hydrogens is 162 g/mol. The Hall–Kier alpha value is -0.0800. The molecule has 0 aliphatic carbocycles. The van der Waals surface area contributed by atoms with Crippen LogP contribution >= 0.6 is 0 Å². The molecule has 0 saturated heterocycles. The van der Waals surface area contributed by atoms with Crippen LogP contribution in [0.5, 0.6) is 0 Å². The summed E-state index contributed by atoms with van der Waals surface area (Å²) in [5, 5.41) is 0. The van der Waals surface area contributed by atoms with Crippen molar-refractivity contribution < 1.29 is 4.84 Å². The van der Waals surface area contributed by atoms with Gasteiger partial charge in [0.05, 0.1) is 6.10 Å². The molecule has 1 atom stereocenters. The first-order chi connectivity index (χ1) is 5.73. The lowest BCUT2D eigenvalue weighted by Crippen LogP contribution is -2.35.